The summed E-state index contributed by atoms with van der Waals surface area (Å²) in [5.74, 6) is 0.805. The summed E-state index contributed by atoms with van der Waals surface area (Å²) in [6, 6.07) is 7.45. The number of hydrogen-bond donors (Lipinski definition) is 0. The Kier molecular flexibility index (Phi) is 3.71. The molecule has 0 atom stereocenters. The van der Waals surface area contributed by atoms with Gasteiger partial charge in [-0.15, -0.1) is 0 Å². The Bertz CT molecular complexity index is 314. The van der Waals surface area contributed by atoms with Crippen LogP contribution in [0.1, 0.15) is 5.56 Å². The zero-order chi connectivity index (χ0) is 9.68. The lowest BCUT2D eigenvalue weighted by Crippen LogP contribution is -1.81. The van der Waals surface area contributed by atoms with Gasteiger partial charge in [-0.3, -0.25) is 4.79 Å². The lowest BCUT2D eigenvalue weighted by molar-refractivity contribution is -0.104. The van der Waals surface area contributed by atoms with Gasteiger partial charge in [0.15, 0.2) is 6.29 Å². The molecule has 3 heteroatoms. The summed E-state index contributed by atoms with van der Waals surface area (Å²) in [6.07, 6.45) is 2.50. The lowest BCUT2D eigenvalue weighted by atomic mass is 10.2. The van der Waals surface area contributed by atoms with Crippen LogP contribution in [0.3, 0.4) is 0 Å². The molecule has 0 aliphatic carbocycles. The summed E-state index contributed by atoms with van der Waals surface area (Å²) in [5.41, 5.74) is 0.958. The Morgan fingerprint density at radius 1 is 1.38 bits per heavy atom. The van der Waals surface area contributed by atoms with E-state index in [-0.39, 0.29) is 0 Å². The van der Waals surface area contributed by atoms with Crippen molar-refractivity contribution < 1.29 is 9.53 Å². The van der Waals surface area contributed by atoms with Gasteiger partial charge in [0.1, 0.15) is 5.75 Å². The highest BCUT2D eigenvalue weighted by Crippen LogP contribution is 2.14. The molecule has 1 aromatic carbocycles. The van der Waals surface area contributed by atoms with Crippen molar-refractivity contribution in [3.05, 3.63) is 34.3 Å². The van der Waals surface area contributed by atoms with Crippen LogP contribution in [-0.4, -0.2) is 13.4 Å². The molecule has 0 fully saturated rings. The fourth-order valence-corrected chi connectivity index (χ4v) is 1.16. The molecular weight excluding hydrogens is 232 g/mol. The van der Waals surface area contributed by atoms with Gasteiger partial charge in [-0.25, -0.2) is 0 Å². The fourth-order valence-electron chi connectivity index (χ4n) is 0.893. The smallest absolute Gasteiger partial charge is 0.157 e. The van der Waals surface area contributed by atoms with E-state index < -0.39 is 0 Å². The molecule has 0 saturated heterocycles. The van der Waals surface area contributed by atoms with E-state index in [1.54, 1.807) is 13.2 Å². The first-order valence-electron chi connectivity index (χ1n) is 3.72. The van der Waals surface area contributed by atoms with Crippen molar-refractivity contribution in [2.45, 2.75) is 0 Å². The number of ether oxygens (including phenoxy) is 1. The second kappa shape index (κ2) is 4.82. The zero-order valence-electron chi connectivity index (χ0n) is 7.16. The van der Waals surface area contributed by atoms with Gasteiger partial charge in [-0.05, 0) is 39.7 Å². The quantitative estimate of drug-likeness (QED) is 0.600. The molecule has 2 nitrogen and oxygen atoms in total. The van der Waals surface area contributed by atoms with Crippen LogP contribution in [0.4, 0.5) is 0 Å². The summed E-state index contributed by atoms with van der Waals surface area (Å²) < 4.78 is 5.52. The maximum Gasteiger partial charge on any atom is 0.157 e. The summed E-state index contributed by atoms with van der Waals surface area (Å²) in [5, 5.41) is 0. The lowest BCUT2D eigenvalue weighted by Gasteiger charge is -1.98. The van der Waals surface area contributed by atoms with Crippen LogP contribution >= 0.6 is 15.9 Å². The number of methoxy groups -OCH3 is 1. The number of aldehydes is 1. The number of halogens is 1. The molecule has 0 unspecified atom stereocenters. The first kappa shape index (κ1) is 9.99. The van der Waals surface area contributed by atoms with Crippen LogP contribution in [0.25, 0.3) is 6.08 Å². The Morgan fingerprint density at radius 2 is 2.00 bits per heavy atom. The molecule has 0 saturated carbocycles. The van der Waals surface area contributed by atoms with Gasteiger partial charge < -0.3 is 4.74 Å². The molecule has 0 radical (unpaired) electrons. The van der Waals surface area contributed by atoms with Gasteiger partial charge in [0, 0.05) is 0 Å². The first-order chi connectivity index (χ1) is 6.26. The number of carbonyl (C=O) groups is 1. The first-order valence-corrected chi connectivity index (χ1v) is 4.52. The minimum Gasteiger partial charge on any atom is -0.497 e. The summed E-state index contributed by atoms with van der Waals surface area (Å²) >= 11 is 3.11. The SMILES string of the molecule is COc1ccc(C=C(Br)C=O)cc1. The van der Waals surface area contributed by atoms with Crippen molar-refractivity contribution >= 4 is 28.3 Å². The third-order valence-corrected chi connectivity index (χ3v) is 1.95. The average Bonchev–Trinajstić information content (AvgIpc) is 2.19. The molecular formula is C10H9BrO2. The molecule has 0 aliphatic heterocycles. The maximum atomic E-state index is 10.3. The Labute approximate surface area is 85.3 Å². The predicted octanol–water partition coefficient (Wildman–Crippen LogP) is 2.63. The number of hydrogen-bond acceptors (Lipinski definition) is 2. The van der Waals surface area contributed by atoms with E-state index in [0.717, 1.165) is 17.6 Å². The van der Waals surface area contributed by atoms with Crippen LogP contribution in [0.15, 0.2) is 28.7 Å². The van der Waals surface area contributed by atoms with E-state index in [1.165, 1.54) is 0 Å². The zero-order valence-corrected chi connectivity index (χ0v) is 8.74. The van der Waals surface area contributed by atoms with Crippen LogP contribution in [-0.2, 0) is 4.79 Å². The van der Waals surface area contributed by atoms with Gasteiger partial charge in [0.2, 0.25) is 0 Å². The summed E-state index contributed by atoms with van der Waals surface area (Å²) in [4.78, 5) is 10.3. The molecule has 0 aliphatic rings. The highest BCUT2D eigenvalue weighted by atomic mass is 79.9. The van der Waals surface area contributed by atoms with Crippen molar-refractivity contribution in [2.24, 2.45) is 0 Å². The average molecular weight is 241 g/mol. The highest BCUT2D eigenvalue weighted by Gasteiger charge is 1.92. The molecule has 1 aromatic rings. The number of rotatable bonds is 3. The van der Waals surface area contributed by atoms with Crippen molar-refractivity contribution in [1.29, 1.82) is 0 Å². The molecule has 0 heterocycles. The molecule has 0 amide bonds. The Balaban J connectivity index is 2.86. The molecule has 0 aromatic heterocycles. The van der Waals surface area contributed by atoms with Crippen LogP contribution in [0.2, 0.25) is 0 Å². The molecule has 0 bridgehead atoms. The summed E-state index contributed by atoms with van der Waals surface area (Å²) in [7, 11) is 1.62. The number of benzene rings is 1. The molecule has 0 spiro atoms. The maximum absolute atomic E-state index is 10.3. The van der Waals surface area contributed by atoms with E-state index in [1.807, 2.05) is 24.3 Å². The number of carbonyl (C=O) groups excluding carboxylic acids is 1. The van der Waals surface area contributed by atoms with Crippen molar-refractivity contribution in [1.82, 2.24) is 0 Å². The molecule has 13 heavy (non-hydrogen) atoms. The standard InChI is InChI=1S/C10H9BrO2/c1-13-10-4-2-8(3-5-10)6-9(11)7-12/h2-7H,1H3. The minimum absolute atomic E-state index is 0.526. The predicted molar refractivity (Wildman–Crippen MR) is 56.0 cm³/mol. The van der Waals surface area contributed by atoms with Crippen LogP contribution in [0.5, 0.6) is 5.75 Å². The van der Waals surface area contributed by atoms with E-state index >= 15 is 0 Å². The fraction of sp³-hybridized carbons (Fsp3) is 0.100. The molecule has 0 N–H and O–H groups in total. The topological polar surface area (TPSA) is 26.3 Å². The van der Waals surface area contributed by atoms with Crippen LogP contribution < -0.4 is 4.74 Å². The van der Waals surface area contributed by atoms with Gasteiger partial charge in [-0.2, -0.15) is 0 Å². The van der Waals surface area contributed by atoms with E-state index in [0.29, 0.717) is 4.48 Å². The third-order valence-electron chi connectivity index (χ3n) is 1.53. The van der Waals surface area contributed by atoms with Crippen LogP contribution in [0, 0.1) is 0 Å². The van der Waals surface area contributed by atoms with Gasteiger partial charge >= 0.3 is 0 Å². The highest BCUT2D eigenvalue weighted by molar-refractivity contribution is 9.12. The van der Waals surface area contributed by atoms with Gasteiger partial charge in [-0.1, -0.05) is 12.1 Å². The van der Waals surface area contributed by atoms with E-state index in [2.05, 4.69) is 15.9 Å². The largest absolute Gasteiger partial charge is 0.497 e. The number of allylic oxidation sites excluding steroid dienone is 1. The molecule has 68 valence electrons. The monoisotopic (exact) mass is 240 g/mol. The van der Waals surface area contributed by atoms with Crippen molar-refractivity contribution in [2.75, 3.05) is 7.11 Å². The Hall–Kier alpha value is -1.09. The second-order valence-electron chi connectivity index (χ2n) is 2.42. The van der Waals surface area contributed by atoms with Gasteiger partial charge in [0.25, 0.3) is 0 Å². The normalized spacial score (nSPS) is 11.1. The summed E-state index contributed by atoms with van der Waals surface area (Å²) in [6.45, 7) is 0. The third kappa shape index (κ3) is 3.03. The Morgan fingerprint density at radius 3 is 2.46 bits per heavy atom. The minimum atomic E-state index is 0.526. The second-order valence-corrected chi connectivity index (χ2v) is 3.34. The van der Waals surface area contributed by atoms with Crippen molar-refractivity contribution in [3.63, 3.8) is 0 Å². The van der Waals surface area contributed by atoms with Crippen molar-refractivity contribution in [3.8, 4) is 5.75 Å². The molecule has 1 rings (SSSR count). The van der Waals surface area contributed by atoms with Gasteiger partial charge in [0.05, 0.1) is 11.6 Å². The van der Waals surface area contributed by atoms with E-state index in [4.69, 9.17) is 4.74 Å². The van der Waals surface area contributed by atoms with E-state index in [9.17, 15) is 4.79 Å².